The van der Waals surface area contributed by atoms with E-state index in [1.807, 2.05) is 36.5 Å². The largest absolute Gasteiger partial charge is 0.341 e. The molecule has 0 unspecified atom stereocenters. The van der Waals surface area contributed by atoms with Gasteiger partial charge in [0.15, 0.2) is 9.84 Å². The number of allylic oxidation sites excluding steroid dienone is 1. The Morgan fingerprint density at radius 2 is 2.21 bits per heavy atom. The molecule has 2 aromatic rings. The van der Waals surface area contributed by atoms with Crippen LogP contribution in [0.4, 0.5) is 0 Å². The number of benzene rings is 1. The molecule has 6 nitrogen and oxygen atoms in total. The van der Waals surface area contributed by atoms with Gasteiger partial charge in [0, 0.05) is 43.7 Å². The SMILES string of the molecule is CN(Cc1cccc(-n2cccn2)c1)C(=O)C[C@H]1C=CS(=O)(=O)C1. The molecule has 0 spiro atoms. The normalized spacial score (nSPS) is 18.6. The molecule has 1 aromatic carbocycles. The van der Waals surface area contributed by atoms with Crippen molar-refractivity contribution < 1.29 is 13.2 Å². The second-order valence-electron chi connectivity index (χ2n) is 5.99. The number of hydrogen-bond donors (Lipinski definition) is 0. The van der Waals surface area contributed by atoms with E-state index in [9.17, 15) is 13.2 Å². The summed E-state index contributed by atoms with van der Waals surface area (Å²) < 4.78 is 24.6. The van der Waals surface area contributed by atoms with E-state index in [4.69, 9.17) is 0 Å². The molecular weight excluding hydrogens is 326 g/mol. The standard InChI is InChI=1S/C17H19N3O3S/c1-19(17(21)11-15-6-9-24(22,23)13-15)12-14-4-2-5-16(10-14)20-8-3-7-18-20/h2-10,15H,11-13H2,1H3/t15-/m1/s1. The Morgan fingerprint density at radius 1 is 1.38 bits per heavy atom. The first-order chi connectivity index (χ1) is 11.4. The van der Waals surface area contributed by atoms with Crippen molar-refractivity contribution in [1.29, 1.82) is 0 Å². The summed E-state index contributed by atoms with van der Waals surface area (Å²) in [5.74, 6) is -0.256. The van der Waals surface area contributed by atoms with E-state index in [1.165, 1.54) is 5.41 Å². The van der Waals surface area contributed by atoms with Crippen molar-refractivity contribution >= 4 is 15.7 Å². The van der Waals surface area contributed by atoms with E-state index < -0.39 is 9.84 Å². The van der Waals surface area contributed by atoms with Crippen molar-refractivity contribution in [2.45, 2.75) is 13.0 Å². The van der Waals surface area contributed by atoms with Crippen molar-refractivity contribution in [3.8, 4) is 5.69 Å². The summed E-state index contributed by atoms with van der Waals surface area (Å²) in [6, 6.07) is 9.67. The summed E-state index contributed by atoms with van der Waals surface area (Å²) in [4.78, 5) is 13.9. The molecule has 1 aliphatic rings. The summed E-state index contributed by atoms with van der Waals surface area (Å²) in [5.41, 5.74) is 1.93. The highest BCUT2D eigenvalue weighted by Gasteiger charge is 2.25. The number of aromatic nitrogens is 2. The van der Waals surface area contributed by atoms with Gasteiger partial charge in [-0.2, -0.15) is 5.10 Å². The van der Waals surface area contributed by atoms with Crippen molar-refractivity contribution in [3.63, 3.8) is 0 Å². The maximum Gasteiger partial charge on any atom is 0.223 e. The van der Waals surface area contributed by atoms with Gasteiger partial charge in [0.05, 0.1) is 11.4 Å². The first-order valence-corrected chi connectivity index (χ1v) is 9.38. The molecule has 0 saturated heterocycles. The zero-order valence-electron chi connectivity index (χ0n) is 13.4. The van der Waals surface area contributed by atoms with Crippen LogP contribution in [0.3, 0.4) is 0 Å². The number of nitrogens with zero attached hydrogens (tertiary/aromatic N) is 3. The van der Waals surface area contributed by atoms with Gasteiger partial charge < -0.3 is 4.90 Å². The van der Waals surface area contributed by atoms with Crippen LogP contribution in [0.5, 0.6) is 0 Å². The predicted molar refractivity (Wildman–Crippen MR) is 91.1 cm³/mol. The van der Waals surface area contributed by atoms with Gasteiger partial charge in [-0.25, -0.2) is 13.1 Å². The number of rotatable bonds is 5. The summed E-state index contributed by atoms with van der Waals surface area (Å²) in [5, 5.41) is 5.40. The first kappa shape index (κ1) is 16.4. The molecule has 1 aliphatic heterocycles. The van der Waals surface area contributed by atoms with Crippen LogP contribution in [0.1, 0.15) is 12.0 Å². The third-order valence-electron chi connectivity index (χ3n) is 3.97. The van der Waals surface area contributed by atoms with Gasteiger partial charge in [-0.1, -0.05) is 18.2 Å². The van der Waals surface area contributed by atoms with Crippen molar-refractivity contribution in [1.82, 2.24) is 14.7 Å². The molecule has 7 heteroatoms. The molecule has 24 heavy (non-hydrogen) atoms. The second-order valence-corrected chi connectivity index (χ2v) is 7.92. The highest BCUT2D eigenvalue weighted by Crippen LogP contribution is 2.19. The molecule has 1 aromatic heterocycles. The van der Waals surface area contributed by atoms with Gasteiger partial charge in [0.2, 0.25) is 5.91 Å². The number of hydrogen-bond acceptors (Lipinski definition) is 4. The smallest absolute Gasteiger partial charge is 0.223 e. The molecule has 3 rings (SSSR count). The molecule has 2 heterocycles. The topological polar surface area (TPSA) is 72.3 Å². The van der Waals surface area contributed by atoms with Crippen LogP contribution in [0, 0.1) is 5.92 Å². The fraction of sp³-hybridized carbons (Fsp3) is 0.294. The quantitative estimate of drug-likeness (QED) is 0.828. The van der Waals surface area contributed by atoms with Gasteiger partial charge in [0.1, 0.15) is 0 Å². The Balaban J connectivity index is 1.62. The van der Waals surface area contributed by atoms with Gasteiger partial charge in [-0.15, -0.1) is 0 Å². The lowest BCUT2D eigenvalue weighted by Gasteiger charge is -2.19. The second kappa shape index (κ2) is 6.60. The molecule has 0 bridgehead atoms. The molecular formula is C17H19N3O3S. The predicted octanol–water partition coefficient (Wildman–Crippen LogP) is 1.78. The summed E-state index contributed by atoms with van der Waals surface area (Å²) in [6.45, 7) is 0.469. The highest BCUT2D eigenvalue weighted by molar-refractivity contribution is 7.94. The molecule has 0 N–H and O–H groups in total. The Bertz CT molecular complexity index is 857. The lowest BCUT2D eigenvalue weighted by molar-refractivity contribution is -0.130. The van der Waals surface area contributed by atoms with Gasteiger partial charge >= 0.3 is 0 Å². The van der Waals surface area contributed by atoms with Gasteiger partial charge in [-0.05, 0) is 23.8 Å². The zero-order valence-corrected chi connectivity index (χ0v) is 14.2. The fourth-order valence-corrected chi connectivity index (χ4v) is 4.13. The molecule has 0 fully saturated rings. The van der Waals surface area contributed by atoms with Gasteiger partial charge in [-0.3, -0.25) is 4.79 Å². The molecule has 0 saturated carbocycles. The molecule has 1 atom stereocenters. The zero-order chi connectivity index (χ0) is 17.2. The monoisotopic (exact) mass is 345 g/mol. The third kappa shape index (κ3) is 3.91. The summed E-state index contributed by atoms with van der Waals surface area (Å²) >= 11 is 0. The Labute approximate surface area is 141 Å². The number of sulfone groups is 1. The third-order valence-corrected chi connectivity index (χ3v) is 5.43. The minimum Gasteiger partial charge on any atom is -0.341 e. The van der Waals surface area contributed by atoms with Crippen LogP contribution in [-0.4, -0.2) is 41.8 Å². The van der Waals surface area contributed by atoms with E-state index in [0.29, 0.717) is 6.54 Å². The molecule has 0 radical (unpaired) electrons. The average molecular weight is 345 g/mol. The number of carbonyl (C=O) groups is 1. The molecule has 0 aliphatic carbocycles. The van der Waals surface area contributed by atoms with E-state index >= 15 is 0 Å². The van der Waals surface area contributed by atoms with Crippen LogP contribution in [0.2, 0.25) is 0 Å². The maximum absolute atomic E-state index is 12.3. The molecule has 126 valence electrons. The Hall–Kier alpha value is -2.41. The van der Waals surface area contributed by atoms with E-state index in [1.54, 1.807) is 28.9 Å². The van der Waals surface area contributed by atoms with Crippen LogP contribution in [0.25, 0.3) is 5.69 Å². The van der Waals surface area contributed by atoms with Crippen LogP contribution < -0.4 is 0 Å². The molecule has 1 amide bonds. The van der Waals surface area contributed by atoms with E-state index in [0.717, 1.165) is 11.3 Å². The number of carbonyl (C=O) groups excluding carboxylic acids is 1. The fourth-order valence-electron chi connectivity index (χ4n) is 2.73. The Morgan fingerprint density at radius 3 is 2.88 bits per heavy atom. The van der Waals surface area contributed by atoms with E-state index in [2.05, 4.69) is 5.10 Å². The lowest BCUT2D eigenvalue weighted by atomic mass is 10.1. The average Bonchev–Trinajstić information content (AvgIpc) is 3.17. The lowest BCUT2D eigenvalue weighted by Crippen LogP contribution is -2.28. The van der Waals surface area contributed by atoms with Crippen molar-refractivity contribution in [3.05, 3.63) is 59.8 Å². The van der Waals surface area contributed by atoms with Crippen molar-refractivity contribution in [2.24, 2.45) is 5.92 Å². The summed E-state index contributed by atoms with van der Waals surface area (Å²) in [6.07, 6.45) is 5.40. The van der Waals surface area contributed by atoms with E-state index in [-0.39, 0.29) is 24.0 Å². The maximum atomic E-state index is 12.3. The van der Waals surface area contributed by atoms with Crippen LogP contribution >= 0.6 is 0 Å². The minimum atomic E-state index is -3.12. The highest BCUT2D eigenvalue weighted by atomic mass is 32.2. The Kier molecular flexibility index (Phi) is 4.53. The van der Waals surface area contributed by atoms with Gasteiger partial charge in [0.25, 0.3) is 0 Å². The first-order valence-electron chi connectivity index (χ1n) is 7.67. The minimum absolute atomic E-state index is 0.0291. The van der Waals surface area contributed by atoms with Crippen LogP contribution in [-0.2, 0) is 21.2 Å². The van der Waals surface area contributed by atoms with Crippen molar-refractivity contribution in [2.75, 3.05) is 12.8 Å². The number of amides is 1. The van der Waals surface area contributed by atoms with Crippen LogP contribution in [0.15, 0.2) is 54.2 Å². The summed E-state index contributed by atoms with van der Waals surface area (Å²) in [7, 11) is -1.39.